The molecule has 0 spiro atoms. The molecular weight excluding hydrogens is 269 g/mol. The Kier molecular flexibility index (Phi) is 3.64. The summed E-state index contributed by atoms with van der Waals surface area (Å²) in [6.45, 7) is 2.29. The molecule has 4 nitrogen and oxygen atoms in total. The summed E-state index contributed by atoms with van der Waals surface area (Å²) in [7, 11) is 0. The Bertz CT molecular complexity index is 755. The first-order valence-corrected chi connectivity index (χ1v) is 6.60. The number of aryl methyl sites for hydroxylation is 1. The lowest BCUT2D eigenvalue weighted by atomic mass is 10.1. The molecule has 0 aliphatic heterocycles. The smallest absolute Gasteiger partial charge is 0.260 e. The molecule has 0 saturated carbocycles. The van der Waals surface area contributed by atoms with Gasteiger partial charge in [0.05, 0.1) is 5.56 Å². The van der Waals surface area contributed by atoms with Gasteiger partial charge in [0.15, 0.2) is 5.82 Å². The Balaban J connectivity index is 1.83. The van der Waals surface area contributed by atoms with Gasteiger partial charge in [0, 0.05) is 12.2 Å². The predicted octanol–water partition coefficient (Wildman–Crippen LogP) is 3.80. The number of hydrogen-bond acceptors (Lipinski definition) is 4. The molecule has 0 atom stereocenters. The zero-order valence-corrected chi connectivity index (χ0v) is 11.5. The van der Waals surface area contributed by atoms with E-state index in [4.69, 9.17) is 4.52 Å². The minimum Gasteiger partial charge on any atom is -0.380 e. The summed E-state index contributed by atoms with van der Waals surface area (Å²) in [6.07, 6.45) is 0. The van der Waals surface area contributed by atoms with Crippen molar-refractivity contribution in [1.82, 2.24) is 10.1 Å². The molecule has 3 rings (SSSR count). The Morgan fingerprint density at radius 1 is 1.14 bits per heavy atom. The zero-order chi connectivity index (χ0) is 14.7. The van der Waals surface area contributed by atoms with Crippen molar-refractivity contribution < 1.29 is 8.91 Å². The fourth-order valence-corrected chi connectivity index (χ4v) is 2.07. The monoisotopic (exact) mass is 283 g/mol. The van der Waals surface area contributed by atoms with Crippen molar-refractivity contribution in [3.63, 3.8) is 0 Å². The molecule has 1 heterocycles. The fourth-order valence-electron chi connectivity index (χ4n) is 2.07. The highest BCUT2D eigenvalue weighted by molar-refractivity contribution is 5.72. The van der Waals surface area contributed by atoms with Crippen molar-refractivity contribution >= 4 is 5.69 Å². The third kappa shape index (κ3) is 3.08. The molecule has 0 aliphatic carbocycles. The number of rotatable bonds is 4. The van der Waals surface area contributed by atoms with Crippen LogP contribution in [0, 0.1) is 12.7 Å². The van der Waals surface area contributed by atoms with Crippen LogP contribution in [-0.2, 0) is 6.54 Å². The topological polar surface area (TPSA) is 51.0 Å². The number of nitrogens with one attached hydrogen (secondary N) is 1. The summed E-state index contributed by atoms with van der Waals surface area (Å²) in [6, 6.07) is 14.2. The summed E-state index contributed by atoms with van der Waals surface area (Å²) in [5.74, 6) is 0.815. The summed E-state index contributed by atoms with van der Waals surface area (Å²) in [4.78, 5) is 4.23. The lowest BCUT2D eigenvalue weighted by Crippen LogP contribution is -2.01. The Morgan fingerprint density at radius 3 is 2.76 bits per heavy atom. The van der Waals surface area contributed by atoms with E-state index in [9.17, 15) is 4.39 Å². The standard InChI is InChI=1S/C16H14FN3O/c1-11-19-16(21-20-11)14-7-2-3-8-15(14)18-10-12-5-4-6-13(17)9-12/h2-9,18H,10H2,1H3. The van der Waals surface area contributed by atoms with Crippen molar-refractivity contribution in [2.75, 3.05) is 5.32 Å². The number of anilines is 1. The van der Waals surface area contributed by atoms with E-state index in [1.165, 1.54) is 12.1 Å². The van der Waals surface area contributed by atoms with Crippen LogP contribution in [-0.4, -0.2) is 10.1 Å². The number of halogens is 1. The van der Waals surface area contributed by atoms with E-state index >= 15 is 0 Å². The second-order valence-electron chi connectivity index (χ2n) is 4.68. The normalized spacial score (nSPS) is 10.6. The molecule has 0 unspecified atom stereocenters. The minimum atomic E-state index is -0.241. The van der Waals surface area contributed by atoms with Crippen molar-refractivity contribution in [3.05, 3.63) is 65.7 Å². The van der Waals surface area contributed by atoms with E-state index < -0.39 is 0 Å². The number of nitrogens with zero attached hydrogens (tertiary/aromatic N) is 2. The summed E-state index contributed by atoms with van der Waals surface area (Å²) in [5.41, 5.74) is 2.56. The second-order valence-corrected chi connectivity index (χ2v) is 4.68. The first-order valence-electron chi connectivity index (χ1n) is 6.60. The first kappa shape index (κ1) is 13.3. The summed E-state index contributed by atoms with van der Waals surface area (Å²) >= 11 is 0. The van der Waals surface area contributed by atoms with E-state index in [1.54, 1.807) is 13.0 Å². The van der Waals surface area contributed by atoms with Gasteiger partial charge < -0.3 is 9.84 Å². The maximum atomic E-state index is 13.2. The van der Waals surface area contributed by atoms with Crippen molar-refractivity contribution in [2.24, 2.45) is 0 Å². The van der Waals surface area contributed by atoms with Crippen LogP contribution in [0.4, 0.5) is 10.1 Å². The molecule has 5 heteroatoms. The largest absolute Gasteiger partial charge is 0.380 e. The number of hydrogen-bond donors (Lipinski definition) is 1. The average Bonchev–Trinajstić information content (AvgIpc) is 2.92. The van der Waals surface area contributed by atoms with Crippen LogP contribution < -0.4 is 5.32 Å². The fraction of sp³-hybridized carbons (Fsp3) is 0.125. The maximum absolute atomic E-state index is 13.2. The highest BCUT2D eigenvalue weighted by atomic mass is 19.1. The third-order valence-electron chi connectivity index (χ3n) is 3.06. The maximum Gasteiger partial charge on any atom is 0.260 e. The second kappa shape index (κ2) is 5.75. The van der Waals surface area contributed by atoms with Gasteiger partial charge in [-0.2, -0.15) is 4.98 Å². The van der Waals surface area contributed by atoms with Gasteiger partial charge in [0.25, 0.3) is 5.89 Å². The molecular formula is C16H14FN3O. The van der Waals surface area contributed by atoms with Crippen LogP contribution in [0.5, 0.6) is 0 Å². The highest BCUT2D eigenvalue weighted by Gasteiger charge is 2.10. The predicted molar refractivity (Wildman–Crippen MR) is 78.2 cm³/mol. The molecule has 0 radical (unpaired) electrons. The van der Waals surface area contributed by atoms with Crippen LogP contribution >= 0.6 is 0 Å². The van der Waals surface area contributed by atoms with Crippen LogP contribution in [0.1, 0.15) is 11.4 Å². The molecule has 3 aromatic rings. The quantitative estimate of drug-likeness (QED) is 0.791. The third-order valence-corrected chi connectivity index (χ3v) is 3.06. The summed E-state index contributed by atoms with van der Waals surface area (Å²) < 4.78 is 18.4. The van der Waals surface area contributed by atoms with Gasteiger partial charge in [0.2, 0.25) is 0 Å². The van der Waals surface area contributed by atoms with E-state index in [-0.39, 0.29) is 5.82 Å². The molecule has 0 fully saturated rings. The molecule has 0 saturated heterocycles. The Labute approximate surface area is 121 Å². The van der Waals surface area contributed by atoms with Crippen molar-refractivity contribution in [3.8, 4) is 11.5 Å². The van der Waals surface area contributed by atoms with Gasteiger partial charge in [-0.05, 0) is 36.8 Å². The van der Waals surface area contributed by atoms with Gasteiger partial charge in [-0.3, -0.25) is 0 Å². The molecule has 1 aromatic heterocycles. The van der Waals surface area contributed by atoms with Crippen molar-refractivity contribution in [2.45, 2.75) is 13.5 Å². The Hall–Kier alpha value is -2.69. The average molecular weight is 283 g/mol. The number of benzene rings is 2. The van der Waals surface area contributed by atoms with Gasteiger partial charge in [-0.1, -0.05) is 29.4 Å². The van der Waals surface area contributed by atoms with Gasteiger partial charge >= 0.3 is 0 Å². The summed E-state index contributed by atoms with van der Waals surface area (Å²) in [5, 5.41) is 7.07. The van der Waals surface area contributed by atoms with E-state index in [1.807, 2.05) is 30.3 Å². The van der Waals surface area contributed by atoms with E-state index in [0.29, 0.717) is 18.3 Å². The molecule has 0 aliphatic rings. The van der Waals surface area contributed by atoms with Crippen LogP contribution in [0.25, 0.3) is 11.5 Å². The Morgan fingerprint density at radius 2 is 2.00 bits per heavy atom. The van der Waals surface area contributed by atoms with Crippen LogP contribution in [0.2, 0.25) is 0 Å². The molecule has 106 valence electrons. The lowest BCUT2D eigenvalue weighted by Gasteiger charge is -2.09. The molecule has 1 N–H and O–H groups in total. The highest BCUT2D eigenvalue weighted by Crippen LogP contribution is 2.26. The van der Waals surface area contributed by atoms with Crippen molar-refractivity contribution in [1.29, 1.82) is 0 Å². The SMILES string of the molecule is Cc1noc(-c2ccccc2NCc2cccc(F)c2)n1. The van der Waals surface area contributed by atoms with E-state index in [0.717, 1.165) is 16.8 Å². The minimum absolute atomic E-state index is 0.241. The molecule has 21 heavy (non-hydrogen) atoms. The van der Waals surface area contributed by atoms with Gasteiger partial charge in [0.1, 0.15) is 5.82 Å². The van der Waals surface area contributed by atoms with E-state index in [2.05, 4.69) is 15.5 Å². The van der Waals surface area contributed by atoms with Crippen LogP contribution in [0.15, 0.2) is 53.1 Å². The molecule has 0 amide bonds. The molecule has 0 bridgehead atoms. The number of aromatic nitrogens is 2. The van der Waals surface area contributed by atoms with Gasteiger partial charge in [-0.15, -0.1) is 0 Å². The number of para-hydroxylation sites is 1. The zero-order valence-electron chi connectivity index (χ0n) is 11.5. The van der Waals surface area contributed by atoms with Gasteiger partial charge in [-0.25, -0.2) is 4.39 Å². The molecule has 2 aromatic carbocycles. The lowest BCUT2D eigenvalue weighted by molar-refractivity contribution is 0.426. The van der Waals surface area contributed by atoms with Crippen LogP contribution in [0.3, 0.4) is 0 Å². The first-order chi connectivity index (χ1) is 10.2.